The highest BCUT2D eigenvalue weighted by atomic mass is 16.4. The Balaban J connectivity index is 2.14. The summed E-state index contributed by atoms with van der Waals surface area (Å²) >= 11 is 0. The van der Waals surface area contributed by atoms with Gasteiger partial charge in [0.25, 0.3) is 5.91 Å². The molecule has 1 aromatic rings. The van der Waals surface area contributed by atoms with Crippen LogP contribution in [0.3, 0.4) is 0 Å². The van der Waals surface area contributed by atoms with Crippen LogP contribution in [0.15, 0.2) is 18.2 Å². The standard InChI is InChI=1S/C14H17NO4/c1-9-4-5-10(7-12(9)16)13(17)15-6-2-3-11(8-15)14(18)19/h4-5,7,11,16H,2-3,6,8H2,1H3,(H,18,19)/t11-/m0/s1. The van der Waals surface area contributed by atoms with E-state index in [9.17, 15) is 14.7 Å². The van der Waals surface area contributed by atoms with Gasteiger partial charge in [0.05, 0.1) is 5.92 Å². The van der Waals surface area contributed by atoms with Gasteiger partial charge in [0.15, 0.2) is 0 Å². The summed E-state index contributed by atoms with van der Waals surface area (Å²) in [6.45, 7) is 2.56. The van der Waals surface area contributed by atoms with E-state index in [-0.39, 0.29) is 18.2 Å². The van der Waals surface area contributed by atoms with Crippen LogP contribution in [0, 0.1) is 12.8 Å². The number of nitrogens with zero attached hydrogens (tertiary/aromatic N) is 1. The smallest absolute Gasteiger partial charge is 0.308 e. The molecule has 1 saturated heterocycles. The van der Waals surface area contributed by atoms with Crippen molar-refractivity contribution in [2.24, 2.45) is 5.92 Å². The molecule has 1 fully saturated rings. The number of carboxylic acids is 1. The Kier molecular flexibility index (Phi) is 3.74. The second-order valence-corrected chi connectivity index (χ2v) is 4.93. The molecule has 2 N–H and O–H groups in total. The van der Waals surface area contributed by atoms with Crippen molar-refractivity contribution in [3.05, 3.63) is 29.3 Å². The molecule has 0 aliphatic carbocycles. The molecule has 1 aliphatic rings. The van der Waals surface area contributed by atoms with E-state index >= 15 is 0 Å². The van der Waals surface area contributed by atoms with Crippen LogP contribution in [0.4, 0.5) is 0 Å². The number of benzene rings is 1. The van der Waals surface area contributed by atoms with E-state index in [0.717, 1.165) is 0 Å². The molecule has 1 amide bonds. The fraction of sp³-hybridized carbons (Fsp3) is 0.429. The number of hydrogen-bond acceptors (Lipinski definition) is 3. The van der Waals surface area contributed by atoms with Crippen molar-refractivity contribution in [1.29, 1.82) is 0 Å². The predicted octanol–water partition coefficient (Wildman–Crippen LogP) is 1.64. The Hall–Kier alpha value is -2.04. The maximum Gasteiger partial charge on any atom is 0.308 e. The van der Waals surface area contributed by atoms with Gasteiger partial charge in [-0.05, 0) is 37.5 Å². The van der Waals surface area contributed by atoms with Crippen molar-refractivity contribution < 1.29 is 19.8 Å². The van der Waals surface area contributed by atoms with E-state index in [1.807, 2.05) is 0 Å². The molecule has 5 heteroatoms. The first-order valence-electron chi connectivity index (χ1n) is 6.30. The number of carbonyl (C=O) groups excluding carboxylic acids is 1. The molecule has 0 radical (unpaired) electrons. The van der Waals surface area contributed by atoms with Crippen molar-refractivity contribution in [2.75, 3.05) is 13.1 Å². The zero-order chi connectivity index (χ0) is 14.0. The van der Waals surface area contributed by atoms with Crippen molar-refractivity contribution in [3.63, 3.8) is 0 Å². The van der Waals surface area contributed by atoms with Crippen LogP contribution in [-0.2, 0) is 4.79 Å². The van der Waals surface area contributed by atoms with Crippen LogP contribution in [0.1, 0.15) is 28.8 Å². The third-order valence-electron chi connectivity index (χ3n) is 3.51. The Bertz CT molecular complexity index is 512. The molecule has 0 saturated carbocycles. The zero-order valence-corrected chi connectivity index (χ0v) is 10.8. The molecule has 1 heterocycles. The lowest BCUT2D eigenvalue weighted by molar-refractivity contribution is -0.143. The molecule has 19 heavy (non-hydrogen) atoms. The van der Waals surface area contributed by atoms with Crippen LogP contribution in [-0.4, -0.2) is 40.1 Å². The maximum absolute atomic E-state index is 12.3. The van der Waals surface area contributed by atoms with Gasteiger partial charge >= 0.3 is 5.97 Å². The Labute approximate surface area is 111 Å². The lowest BCUT2D eigenvalue weighted by Gasteiger charge is -2.30. The quantitative estimate of drug-likeness (QED) is 0.850. The average molecular weight is 263 g/mol. The molecular formula is C14H17NO4. The number of phenolic OH excluding ortho intramolecular Hbond substituents is 1. The van der Waals surface area contributed by atoms with Gasteiger partial charge in [-0.1, -0.05) is 6.07 Å². The highest BCUT2D eigenvalue weighted by Gasteiger charge is 2.28. The van der Waals surface area contributed by atoms with Gasteiger partial charge < -0.3 is 15.1 Å². The lowest BCUT2D eigenvalue weighted by Crippen LogP contribution is -2.42. The Morgan fingerprint density at radius 3 is 2.74 bits per heavy atom. The summed E-state index contributed by atoms with van der Waals surface area (Å²) in [5.41, 5.74) is 1.10. The van der Waals surface area contributed by atoms with E-state index in [1.54, 1.807) is 24.0 Å². The van der Waals surface area contributed by atoms with Gasteiger partial charge in [0.2, 0.25) is 0 Å². The minimum Gasteiger partial charge on any atom is -0.508 e. The molecule has 0 aromatic heterocycles. The number of aromatic hydroxyl groups is 1. The molecule has 1 aliphatic heterocycles. The molecule has 2 rings (SSSR count). The maximum atomic E-state index is 12.3. The number of hydrogen-bond donors (Lipinski definition) is 2. The number of aliphatic carboxylic acids is 1. The molecule has 1 atom stereocenters. The second-order valence-electron chi connectivity index (χ2n) is 4.93. The van der Waals surface area contributed by atoms with Crippen LogP contribution in [0.5, 0.6) is 5.75 Å². The Morgan fingerprint density at radius 1 is 1.37 bits per heavy atom. The molecule has 1 aromatic carbocycles. The first-order chi connectivity index (χ1) is 8.99. The summed E-state index contributed by atoms with van der Waals surface area (Å²) < 4.78 is 0. The van der Waals surface area contributed by atoms with Crippen LogP contribution >= 0.6 is 0 Å². The SMILES string of the molecule is Cc1ccc(C(=O)N2CCC[C@H](C(=O)O)C2)cc1O. The number of amides is 1. The number of rotatable bonds is 2. The molecule has 0 bridgehead atoms. The Morgan fingerprint density at radius 2 is 2.11 bits per heavy atom. The first-order valence-corrected chi connectivity index (χ1v) is 6.30. The average Bonchev–Trinajstić information content (AvgIpc) is 2.41. The molecule has 102 valence electrons. The monoisotopic (exact) mass is 263 g/mol. The minimum absolute atomic E-state index is 0.0812. The number of piperidine rings is 1. The predicted molar refractivity (Wildman–Crippen MR) is 69.1 cm³/mol. The van der Waals surface area contributed by atoms with Gasteiger partial charge in [0.1, 0.15) is 5.75 Å². The summed E-state index contributed by atoms with van der Waals surface area (Å²) in [6, 6.07) is 4.77. The minimum atomic E-state index is -0.857. The number of carboxylic acid groups (broad SMARTS) is 1. The second kappa shape index (κ2) is 5.30. The highest BCUT2D eigenvalue weighted by Crippen LogP contribution is 2.22. The highest BCUT2D eigenvalue weighted by molar-refractivity contribution is 5.95. The topological polar surface area (TPSA) is 77.8 Å². The summed E-state index contributed by atoms with van der Waals surface area (Å²) in [7, 11) is 0. The number of likely N-dealkylation sites (tertiary alicyclic amines) is 1. The van der Waals surface area contributed by atoms with Gasteiger partial charge in [0, 0.05) is 18.7 Å². The largest absolute Gasteiger partial charge is 0.508 e. The first kappa shape index (κ1) is 13.4. The van der Waals surface area contributed by atoms with Crippen molar-refractivity contribution in [1.82, 2.24) is 4.90 Å². The van der Waals surface area contributed by atoms with Crippen molar-refractivity contribution in [3.8, 4) is 5.75 Å². The van der Waals surface area contributed by atoms with E-state index in [4.69, 9.17) is 5.11 Å². The number of aryl methyl sites for hydroxylation is 1. The number of phenols is 1. The summed E-state index contributed by atoms with van der Waals surface area (Å²) in [5, 5.41) is 18.6. The summed E-state index contributed by atoms with van der Waals surface area (Å²) in [5.74, 6) is -1.49. The third kappa shape index (κ3) is 2.86. The van der Waals surface area contributed by atoms with Gasteiger partial charge in [-0.15, -0.1) is 0 Å². The molecular weight excluding hydrogens is 246 g/mol. The normalized spacial score (nSPS) is 19.2. The molecule has 5 nitrogen and oxygen atoms in total. The van der Waals surface area contributed by atoms with E-state index < -0.39 is 11.9 Å². The van der Waals surface area contributed by atoms with Crippen molar-refractivity contribution >= 4 is 11.9 Å². The number of carbonyl (C=O) groups is 2. The van der Waals surface area contributed by atoms with E-state index in [2.05, 4.69) is 0 Å². The van der Waals surface area contributed by atoms with Gasteiger partial charge in [-0.3, -0.25) is 9.59 Å². The lowest BCUT2D eigenvalue weighted by atomic mass is 9.97. The summed E-state index contributed by atoms with van der Waals surface area (Å²) in [4.78, 5) is 24.8. The molecule has 0 unspecified atom stereocenters. The van der Waals surface area contributed by atoms with Crippen molar-refractivity contribution in [2.45, 2.75) is 19.8 Å². The van der Waals surface area contributed by atoms with Gasteiger partial charge in [-0.25, -0.2) is 0 Å². The van der Waals surface area contributed by atoms with E-state index in [0.29, 0.717) is 30.5 Å². The fourth-order valence-corrected chi connectivity index (χ4v) is 2.29. The zero-order valence-electron chi connectivity index (χ0n) is 10.8. The third-order valence-corrected chi connectivity index (χ3v) is 3.51. The van der Waals surface area contributed by atoms with Crippen LogP contribution in [0.2, 0.25) is 0 Å². The van der Waals surface area contributed by atoms with E-state index in [1.165, 1.54) is 6.07 Å². The summed E-state index contributed by atoms with van der Waals surface area (Å²) in [6.07, 6.45) is 1.30. The van der Waals surface area contributed by atoms with Crippen LogP contribution in [0.25, 0.3) is 0 Å². The van der Waals surface area contributed by atoms with Gasteiger partial charge in [-0.2, -0.15) is 0 Å². The van der Waals surface area contributed by atoms with Crippen LogP contribution < -0.4 is 0 Å². The fourth-order valence-electron chi connectivity index (χ4n) is 2.29. The molecule has 0 spiro atoms.